The molecule has 0 heterocycles. The molecule has 21 heavy (non-hydrogen) atoms. The topological polar surface area (TPSA) is 43.4 Å². The Morgan fingerprint density at radius 2 is 1.67 bits per heavy atom. The molecule has 0 bridgehead atoms. The van der Waals surface area contributed by atoms with Crippen LogP contribution < -0.4 is 10.2 Å². The molecule has 0 N–H and O–H groups in total. The summed E-state index contributed by atoms with van der Waals surface area (Å²) in [6.07, 6.45) is 1.11. The number of rotatable bonds is 5. The second-order valence-corrected chi connectivity index (χ2v) is 7.08. The van der Waals surface area contributed by atoms with E-state index in [1.54, 1.807) is 6.07 Å². The van der Waals surface area contributed by atoms with Crippen molar-refractivity contribution in [3.05, 3.63) is 36.4 Å². The van der Waals surface area contributed by atoms with Crippen LogP contribution in [0.3, 0.4) is 0 Å². The van der Waals surface area contributed by atoms with E-state index in [9.17, 15) is 21.4 Å². The molecule has 0 atom stereocenters. The van der Waals surface area contributed by atoms with Crippen LogP contribution >= 0.6 is 0 Å². The molecular weight excluding hydrogens is 304 g/mol. The molecular formula is C13H13BF3O3S-. The van der Waals surface area contributed by atoms with Crippen LogP contribution in [0.2, 0.25) is 0 Å². The van der Waals surface area contributed by atoms with E-state index in [1.165, 1.54) is 18.2 Å². The molecule has 0 amide bonds. The van der Waals surface area contributed by atoms with E-state index in [2.05, 4.69) is 0 Å². The third-order valence-electron chi connectivity index (χ3n) is 2.94. The Bertz CT molecular complexity index is 757. The highest BCUT2D eigenvalue weighted by atomic mass is 32.2. The zero-order valence-electron chi connectivity index (χ0n) is 11.2. The maximum absolute atomic E-state index is 12.7. The fourth-order valence-corrected chi connectivity index (χ4v) is 2.23. The Morgan fingerprint density at radius 3 is 2.29 bits per heavy atom. The van der Waals surface area contributed by atoms with Gasteiger partial charge in [-0.05, 0) is 22.9 Å². The van der Waals surface area contributed by atoms with Crippen LogP contribution in [0.5, 0.6) is 5.75 Å². The molecule has 2 rings (SSSR count). The fourth-order valence-electron chi connectivity index (χ4n) is 1.85. The van der Waals surface area contributed by atoms with Gasteiger partial charge in [-0.3, -0.25) is 0 Å². The second-order valence-electron chi connectivity index (χ2n) is 4.82. The molecule has 0 spiro atoms. The minimum atomic E-state index is -5.02. The average molecular weight is 317 g/mol. The van der Waals surface area contributed by atoms with E-state index in [0.29, 0.717) is 16.5 Å². The molecule has 0 radical (unpaired) electrons. The van der Waals surface area contributed by atoms with Gasteiger partial charge in [0, 0.05) is 6.26 Å². The molecule has 0 saturated heterocycles. The summed E-state index contributed by atoms with van der Waals surface area (Å²) in [5.41, 5.74) is -0.645. The number of hydrogen-bond acceptors (Lipinski definition) is 3. The summed E-state index contributed by atoms with van der Waals surface area (Å²) in [6, 6.07) is 8.14. The summed E-state index contributed by atoms with van der Waals surface area (Å²) in [6.45, 7) is -5.01. The van der Waals surface area contributed by atoms with E-state index < -0.39 is 22.3 Å². The van der Waals surface area contributed by atoms with Gasteiger partial charge in [0.2, 0.25) is 0 Å². The zero-order chi connectivity index (χ0) is 15.7. The summed E-state index contributed by atoms with van der Waals surface area (Å²) >= 11 is 0. The molecule has 3 nitrogen and oxygen atoms in total. The first-order valence-electron chi connectivity index (χ1n) is 6.19. The zero-order valence-corrected chi connectivity index (χ0v) is 12.0. The second kappa shape index (κ2) is 5.59. The van der Waals surface area contributed by atoms with Gasteiger partial charge in [-0.25, -0.2) is 8.42 Å². The number of fused-ring (bicyclic) bond motifs is 1. The number of sulfone groups is 1. The highest BCUT2D eigenvalue weighted by Gasteiger charge is 2.25. The molecule has 0 aliphatic heterocycles. The Labute approximate surface area is 120 Å². The lowest BCUT2D eigenvalue weighted by atomic mass is 9.79. The van der Waals surface area contributed by atoms with Gasteiger partial charge >= 0.3 is 6.98 Å². The van der Waals surface area contributed by atoms with E-state index in [0.717, 1.165) is 18.4 Å². The predicted octanol–water partition coefficient (Wildman–Crippen LogP) is 2.32. The summed E-state index contributed by atoms with van der Waals surface area (Å²) in [5.74, 6) is 0.317. The van der Waals surface area contributed by atoms with Crippen molar-refractivity contribution in [3.63, 3.8) is 0 Å². The maximum Gasteiger partial charge on any atom is 0.509 e. The van der Waals surface area contributed by atoms with Crippen molar-refractivity contribution in [2.75, 3.05) is 18.6 Å². The van der Waals surface area contributed by atoms with Crippen molar-refractivity contribution in [1.82, 2.24) is 0 Å². The van der Waals surface area contributed by atoms with E-state index in [-0.39, 0.29) is 12.4 Å². The first kappa shape index (κ1) is 15.7. The Hall–Kier alpha value is -1.70. The van der Waals surface area contributed by atoms with Gasteiger partial charge in [-0.1, -0.05) is 24.3 Å². The number of hydrogen-bond donors (Lipinski definition) is 0. The van der Waals surface area contributed by atoms with Crippen LogP contribution in [-0.4, -0.2) is 34.0 Å². The van der Waals surface area contributed by atoms with Crippen molar-refractivity contribution in [2.45, 2.75) is 0 Å². The van der Waals surface area contributed by atoms with Gasteiger partial charge in [0.15, 0.2) is 9.84 Å². The van der Waals surface area contributed by atoms with Crippen molar-refractivity contribution >= 4 is 33.0 Å². The van der Waals surface area contributed by atoms with Gasteiger partial charge in [0.1, 0.15) is 12.4 Å². The van der Waals surface area contributed by atoms with Crippen LogP contribution in [0.4, 0.5) is 12.9 Å². The summed E-state index contributed by atoms with van der Waals surface area (Å²) in [4.78, 5) is 0. The third kappa shape index (κ3) is 4.39. The summed E-state index contributed by atoms with van der Waals surface area (Å²) in [5, 5.41) is 1.07. The minimum Gasteiger partial charge on any atom is -0.493 e. The minimum absolute atomic E-state index is 0.00802. The quantitative estimate of drug-likeness (QED) is 0.795. The largest absolute Gasteiger partial charge is 0.509 e. The van der Waals surface area contributed by atoms with Gasteiger partial charge in [-0.15, -0.1) is 5.46 Å². The summed E-state index contributed by atoms with van der Waals surface area (Å²) in [7, 11) is -3.11. The van der Waals surface area contributed by atoms with Gasteiger partial charge in [0.05, 0.1) is 5.75 Å². The van der Waals surface area contributed by atoms with E-state index in [1.807, 2.05) is 0 Å². The summed E-state index contributed by atoms with van der Waals surface area (Å²) < 4.78 is 65.2. The predicted molar refractivity (Wildman–Crippen MR) is 77.9 cm³/mol. The molecule has 2 aromatic rings. The standard InChI is InChI=1S/C13H13BF3O3S/c1-21(18,19)7-6-20-13-5-3-10-8-12(14(15,16)17)4-2-11(10)9-13/h2-5,8-9H,6-7H2,1H3/q-1. The van der Waals surface area contributed by atoms with E-state index in [4.69, 9.17) is 4.74 Å². The van der Waals surface area contributed by atoms with Crippen LogP contribution in [0.1, 0.15) is 0 Å². The lowest BCUT2D eigenvalue weighted by Gasteiger charge is -2.15. The van der Waals surface area contributed by atoms with Crippen molar-refractivity contribution < 1.29 is 26.1 Å². The number of benzene rings is 2. The molecule has 0 aliphatic carbocycles. The van der Waals surface area contributed by atoms with Crippen LogP contribution in [0.15, 0.2) is 36.4 Å². The monoisotopic (exact) mass is 317 g/mol. The fraction of sp³-hybridized carbons (Fsp3) is 0.231. The third-order valence-corrected chi connectivity index (χ3v) is 3.84. The number of halogens is 3. The molecule has 0 fully saturated rings. The SMILES string of the molecule is CS(=O)(=O)CCOc1ccc2cc([B-](F)(F)F)ccc2c1. The van der Waals surface area contributed by atoms with Crippen LogP contribution in [0, 0.1) is 0 Å². The van der Waals surface area contributed by atoms with E-state index >= 15 is 0 Å². The average Bonchev–Trinajstić information content (AvgIpc) is 2.35. The van der Waals surface area contributed by atoms with Gasteiger partial charge in [-0.2, -0.15) is 0 Å². The lowest BCUT2D eigenvalue weighted by molar-refractivity contribution is 0.341. The van der Waals surface area contributed by atoms with Gasteiger partial charge < -0.3 is 17.7 Å². The maximum atomic E-state index is 12.7. The lowest BCUT2D eigenvalue weighted by Crippen LogP contribution is -2.33. The highest BCUT2D eigenvalue weighted by molar-refractivity contribution is 7.90. The molecule has 0 saturated carbocycles. The van der Waals surface area contributed by atoms with Crippen molar-refractivity contribution in [2.24, 2.45) is 0 Å². The molecule has 2 aromatic carbocycles. The Kier molecular flexibility index (Phi) is 4.18. The molecule has 0 aromatic heterocycles. The first-order chi connectivity index (χ1) is 9.65. The Balaban J connectivity index is 2.19. The normalized spacial score (nSPS) is 12.6. The van der Waals surface area contributed by atoms with Gasteiger partial charge in [0.25, 0.3) is 0 Å². The molecule has 114 valence electrons. The smallest absolute Gasteiger partial charge is 0.493 e. The number of ether oxygens (including phenoxy) is 1. The van der Waals surface area contributed by atoms with Crippen molar-refractivity contribution in [1.29, 1.82) is 0 Å². The first-order valence-corrected chi connectivity index (χ1v) is 8.25. The van der Waals surface area contributed by atoms with Crippen molar-refractivity contribution in [3.8, 4) is 5.75 Å². The molecule has 8 heteroatoms. The highest BCUT2D eigenvalue weighted by Crippen LogP contribution is 2.21. The van der Waals surface area contributed by atoms with Crippen LogP contribution in [-0.2, 0) is 9.84 Å². The molecule has 0 unspecified atom stereocenters. The Morgan fingerprint density at radius 1 is 1.05 bits per heavy atom. The van der Waals surface area contributed by atoms with Crippen LogP contribution in [0.25, 0.3) is 10.8 Å². The molecule has 0 aliphatic rings.